The van der Waals surface area contributed by atoms with E-state index in [1.165, 1.54) is 14.0 Å². The van der Waals surface area contributed by atoms with Crippen LogP contribution in [-0.4, -0.2) is 86.4 Å². The Bertz CT molecular complexity index is 1440. The number of ether oxygens (including phenoxy) is 1. The van der Waals surface area contributed by atoms with Crippen molar-refractivity contribution in [1.29, 1.82) is 0 Å². The summed E-state index contributed by atoms with van der Waals surface area (Å²) in [5.74, 6) is 5.72. The normalized spacial score (nSPS) is 26.2. The predicted octanol–water partition coefficient (Wildman–Crippen LogP) is 1.15. The summed E-state index contributed by atoms with van der Waals surface area (Å²) in [6.45, 7) is 8.24. The van der Waals surface area contributed by atoms with Gasteiger partial charge in [-0.2, -0.15) is 0 Å². The summed E-state index contributed by atoms with van der Waals surface area (Å²) < 4.78 is 8.89. The van der Waals surface area contributed by atoms with Crippen LogP contribution in [0.4, 0.5) is 4.79 Å². The van der Waals surface area contributed by atoms with Crippen molar-refractivity contribution in [3.05, 3.63) is 34.2 Å². The molecular formula is C27H33N5O6. The van der Waals surface area contributed by atoms with Crippen LogP contribution in [-0.2, 0) is 21.4 Å². The first-order valence-electron chi connectivity index (χ1n) is 12.8. The Morgan fingerprint density at radius 3 is 2.71 bits per heavy atom. The molecule has 3 unspecified atom stereocenters. The Labute approximate surface area is 220 Å². The van der Waals surface area contributed by atoms with Gasteiger partial charge in [-0.05, 0) is 24.0 Å². The van der Waals surface area contributed by atoms with E-state index in [1.807, 2.05) is 6.07 Å². The van der Waals surface area contributed by atoms with E-state index in [4.69, 9.17) is 4.74 Å². The molecule has 3 aliphatic heterocycles. The second kappa shape index (κ2) is 9.29. The number of rotatable bonds is 2. The summed E-state index contributed by atoms with van der Waals surface area (Å²) in [5.41, 5.74) is 0.722. The third kappa shape index (κ3) is 4.08. The fourth-order valence-corrected chi connectivity index (χ4v) is 6.11. The van der Waals surface area contributed by atoms with Crippen LogP contribution < -0.4 is 11.0 Å². The van der Waals surface area contributed by atoms with E-state index in [2.05, 4.69) is 42.8 Å². The van der Waals surface area contributed by atoms with Crippen molar-refractivity contribution in [3.8, 4) is 11.8 Å². The van der Waals surface area contributed by atoms with Crippen LogP contribution in [0.5, 0.6) is 0 Å². The minimum Gasteiger partial charge on any atom is -0.465 e. The molecule has 11 heteroatoms. The molecule has 0 spiro atoms. The number of hydrogen-bond acceptors (Lipinski definition) is 6. The van der Waals surface area contributed by atoms with Gasteiger partial charge >= 0.3 is 11.8 Å². The van der Waals surface area contributed by atoms with Crippen LogP contribution in [0.2, 0.25) is 0 Å². The van der Waals surface area contributed by atoms with E-state index in [-0.39, 0.29) is 35.9 Å². The Morgan fingerprint density at radius 1 is 1.26 bits per heavy atom. The number of carbonyl (C=O) groups excluding carboxylic acids is 2. The molecule has 3 saturated heterocycles. The first-order chi connectivity index (χ1) is 17.9. The number of carbonyl (C=O) groups is 3. The van der Waals surface area contributed by atoms with Crippen LogP contribution in [0.25, 0.3) is 11.0 Å². The summed E-state index contributed by atoms with van der Waals surface area (Å²) in [7, 11) is 1.65. The Hall–Kier alpha value is -3.62. The number of aryl methyl sites for hydroxylation is 1. The number of amides is 3. The number of nitrogens with one attached hydrogen (secondary N) is 1. The number of benzene rings is 1. The molecule has 1 aromatic heterocycles. The van der Waals surface area contributed by atoms with E-state index in [9.17, 15) is 24.3 Å². The summed E-state index contributed by atoms with van der Waals surface area (Å²) in [5, 5.41) is 12.1. The number of piperazine rings is 1. The smallest absolute Gasteiger partial charge is 0.407 e. The van der Waals surface area contributed by atoms with Crippen LogP contribution in [0.15, 0.2) is 23.0 Å². The van der Waals surface area contributed by atoms with Crippen molar-refractivity contribution in [2.45, 2.75) is 51.2 Å². The number of nitrogens with zero attached hydrogens (tertiary/aromatic N) is 4. The Balaban J connectivity index is 1.50. The molecule has 3 amide bonds. The Kier molecular flexibility index (Phi) is 6.36. The number of imide groups is 1. The molecule has 0 radical (unpaired) electrons. The van der Waals surface area contributed by atoms with Crippen LogP contribution in [0, 0.1) is 17.3 Å². The molecule has 0 aliphatic carbocycles. The van der Waals surface area contributed by atoms with Gasteiger partial charge in [0.05, 0.1) is 47.9 Å². The maximum absolute atomic E-state index is 13.2. The average molecular weight is 524 g/mol. The van der Waals surface area contributed by atoms with Gasteiger partial charge in [-0.25, -0.2) is 9.59 Å². The van der Waals surface area contributed by atoms with Crippen molar-refractivity contribution >= 4 is 28.9 Å². The molecule has 1 aromatic carbocycles. The molecule has 2 bridgehead atoms. The lowest BCUT2D eigenvalue weighted by atomic mass is 9.69. The fourth-order valence-electron chi connectivity index (χ4n) is 6.11. The van der Waals surface area contributed by atoms with Crippen molar-refractivity contribution in [2.75, 3.05) is 32.8 Å². The van der Waals surface area contributed by atoms with Crippen molar-refractivity contribution in [2.24, 2.45) is 12.5 Å². The zero-order valence-corrected chi connectivity index (χ0v) is 22.1. The highest BCUT2D eigenvalue weighted by molar-refractivity contribution is 6.00. The highest BCUT2D eigenvalue weighted by atomic mass is 16.5. The number of aromatic nitrogens is 2. The lowest BCUT2D eigenvalue weighted by Gasteiger charge is -2.61. The van der Waals surface area contributed by atoms with Crippen LogP contribution in [0.3, 0.4) is 0 Å². The van der Waals surface area contributed by atoms with Gasteiger partial charge in [0, 0.05) is 26.6 Å². The number of carboxylic acid groups (broad SMARTS) is 1. The van der Waals surface area contributed by atoms with Crippen molar-refractivity contribution in [1.82, 2.24) is 24.3 Å². The SMILES string of the molecule is Cn1c(=O)n(C2CCC(=O)NC2=O)c2cccc(C#CCN3C4COCC3(C(C)(C)C)CN(C(=O)O)C4)c21. The van der Waals surface area contributed by atoms with E-state index >= 15 is 0 Å². The molecule has 3 aliphatic rings. The Morgan fingerprint density at radius 2 is 2.03 bits per heavy atom. The van der Waals surface area contributed by atoms with Gasteiger partial charge in [-0.1, -0.05) is 38.7 Å². The average Bonchev–Trinajstić information content (AvgIpc) is 3.08. The largest absolute Gasteiger partial charge is 0.465 e. The maximum atomic E-state index is 13.2. The molecule has 202 valence electrons. The molecule has 4 heterocycles. The first kappa shape index (κ1) is 26.0. The first-order valence-corrected chi connectivity index (χ1v) is 12.8. The number of imidazole rings is 1. The maximum Gasteiger partial charge on any atom is 0.407 e. The molecule has 2 aromatic rings. The van der Waals surface area contributed by atoms with Crippen molar-refractivity contribution < 1.29 is 24.2 Å². The highest BCUT2D eigenvalue weighted by Gasteiger charge is 2.56. The lowest BCUT2D eigenvalue weighted by molar-refractivity contribution is -0.179. The number of fused-ring (bicyclic) bond motifs is 3. The van der Waals surface area contributed by atoms with E-state index in [1.54, 1.807) is 19.2 Å². The van der Waals surface area contributed by atoms with E-state index in [0.717, 1.165) is 0 Å². The van der Waals surface area contributed by atoms with E-state index in [0.29, 0.717) is 49.4 Å². The fraction of sp³-hybridized carbons (Fsp3) is 0.556. The van der Waals surface area contributed by atoms with Gasteiger partial charge in [0.2, 0.25) is 11.8 Å². The third-order valence-corrected chi connectivity index (χ3v) is 8.29. The number of hydrogen-bond donors (Lipinski definition) is 2. The molecule has 11 nitrogen and oxygen atoms in total. The third-order valence-electron chi connectivity index (χ3n) is 8.29. The molecule has 0 saturated carbocycles. The highest BCUT2D eigenvalue weighted by Crippen LogP contribution is 2.43. The van der Waals surface area contributed by atoms with Crippen molar-refractivity contribution in [3.63, 3.8) is 0 Å². The standard InChI is InChI=1S/C27H33N5O6/c1-26(2,3)27-15-30(25(36)37)13-18(14-38-16-27)31(27)12-6-8-17-7-5-9-19-22(17)29(4)24(35)32(19)20-10-11-21(33)28-23(20)34/h5,7,9,18,20H,10-16H2,1-4H3,(H,36,37)(H,28,33,34). The van der Waals surface area contributed by atoms with Gasteiger partial charge in [0.25, 0.3) is 0 Å². The zero-order chi connectivity index (χ0) is 27.4. The predicted molar refractivity (Wildman–Crippen MR) is 139 cm³/mol. The van der Waals surface area contributed by atoms with Gasteiger partial charge < -0.3 is 14.7 Å². The molecule has 3 fully saturated rings. The summed E-state index contributed by atoms with van der Waals surface area (Å²) in [6.07, 6.45) is -0.487. The minimum absolute atomic E-state index is 0.115. The second-order valence-electron chi connectivity index (χ2n) is 11.4. The topological polar surface area (TPSA) is 126 Å². The number of para-hydroxylation sites is 1. The molecule has 3 atom stereocenters. The molecule has 2 N–H and O–H groups in total. The summed E-state index contributed by atoms with van der Waals surface area (Å²) in [6, 6.07) is 4.56. The summed E-state index contributed by atoms with van der Waals surface area (Å²) >= 11 is 0. The number of piperidine rings is 1. The van der Waals surface area contributed by atoms with Gasteiger partial charge in [0.1, 0.15) is 6.04 Å². The lowest BCUT2D eigenvalue weighted by Crippen LogP contribution is -2.76. The van der Waals surface area contributed by atoms with Gasteiger partial charge in [0.15, 0.2) is 0 Å². The second-order valence-corrected chi connectivity index (χ2v) is 11.4. The molecular weight excluding hydrogens is 490 g/mol. The quantitative estimate of drug-likeness (QED) is 0.447. The minimum atomic E-state index is -0.927. The van der Waals surface area contributed by atoms with E-state index < -0.39 is 23.6 Å². The van der Waals surface area contributed by atoms with Crippen LogP contribution in [0.1, 0.15) is 45.2 Å². The van der Waals surface area contributed by atoms with Gasteiger partial charge in [-0.3, -0.25) is 28.9 Å². The van der Waals surface area contributed by atoms with Crippen LogP contribution >= 0.6 is 0 Å². The molecule has 38 heavy (non-hydrogen) atoms. The summed E-state index contributed by atoms with van der Waals surface area (Å²) in [4.78, 5) is 53.0. The zero-order valence-electron chi connectivity index (χ0n) is 22.1. The molecule has 5 rings (SSSR count). The monoisotopic (exact) mass is 523 g/mol. The van der Waals surface area contributed by atoms with Gasteiger partial charge in [-0.15, -0.1) is 0 Å². The number of morpholine rings is 1.